The molecule has 0 aliphatic rings. The van der Waals surface area contributed by atoms with Gasteiger partial charge in [-0.05, 0) is 25.1 Å². The predicted octanol–water partition coefficient (Wildman–Crippen LogP) is 4.34. The number of aryl methyl sites for hydroxylation is 1. The summed E-state index contributed by atoms with van der Waals surface area (Å²) in [6.45, 7) is 1.66. The van der Waals surface area contributed by atoms with E-state index in [0.29, 0.717) is 28.3 Å². The van der Waals surface area contributed by atoms with Crippen molar-refractivity contribution in [3.8, 4) is 11.5 Å². The second-order valence-electron chi connectivity index (χ2n) is 8.01. The third kappa shape index (κ3) is 5.06. The van der Waals surface area contributed by atoms with E-state index in [1.54, 1.807) is 42.5 Å². The van der Waals surface area contributed by atoms with E-state index in [-0.39, 0.29) is 17.5 Å². The minimum atomic E-state index is -0.617. The molecule has 0 unspecified atom stereocenters. The van der Waals surface area contributed by atoms with E-state index in [9.17, 15) is 18.8 Å². The molecule has 8 heteroatoms. The second-order valence-corrected chi connectivity index (χ2v) is 8.01. The standard InChI is InChI=1S/C27H23FN2O5/c1-16-4-6-17(7-5-16)26(32)23-14-30(24-9-8-18(28)10-22(24)27(23)33)15-25(31)29-19-11-20(34-2)13-21(12-19)35-3/h4-14H,15H2,1-3H3,(H,29,31). The molecule has 0 bridgehead atoms. The Morgan fingerprint density at radius 2 is 1.60 bits per heavy atom. The van der Waals surface area contributed by atoms with Crippen molar-refractivity contribution in [3.63, 3.8) is 0 Å². The van der Waals surface area contributed by atoms with Crippen LogP contribution in [0, 0.1) is 12.7 Å². The number of nitrogens with zero attached hydrogens (tertiary/aromatic N) is 1. The fourth-order valence-corrected chi connectivity index (χ4v) is 3.76. The first-order valence-corrected chi connectivity index (χ1v) is 10.8. The highest BCUT2D eigenvalue weighted by Gasteiger charge is 2.19. The Hall–Kier alpha value is -4.46. The molecular weight excluding hydrogens is 451 g/mol. The first-order valence-electron chi connectivity index (χ1n) is 10.8. The van der Waals surface area contributed by atoms with Crippen molar-refractivity contribution < 1.29 is 23.5 Å². The quantitative estimate of drug-likeness (QED) is 0.403. The molecule has 0 atom stereocenters. The average Bonchev–Trinajstić information content (AvgIpc) is 2.85. The van der Waals surface area contributed by atoms with E-state index in [1.165, 1.54) is 37.1 Å². The Labute approximate surface area is 200 Å². The number of carbonyl (C=O) groups is 2. The molecule has 0 aliphatic carbocycles. The summed E-state index contributed by atoms with van der Waals surface area (Å²) in [5.74, 6) is -0.560. The zero-order chi connectivity index (χ0) is 25.1. The van der Waals surface area contributed by atoms with Gasteiger partial charge in [0, 0.05) is 41.0 Å². The van der Waals surface area contributed by atoms with E-state index < -0.39 is 22.9 Å². The number of hydrogen-bond donors (Lipinski definition) is 1. The molecule has 4 rings (SSSR count). The van der Waals surface area contributed by atoms with Crippen molar-refractivity contribution in [1.82, 2.24) is 4.57 Å². The Balaban J connectivity index is 1.73. The van der Waals surface area contributed by atoms with Crippen molar-refractivity contribution in [2.45, 2.75) is 13.5 Å². The van der Waals surface area contributed by atoms with Gasteiger partial charge in [-0.3, -0.25) is 14.4 Å². The number of benzene rings is 3. The third-order valence-corrected chi connectivity index (χ3v) is 5.55. The molecule has 1 heterocycles. The van der Waals surface area contributed by atoms with Crippen LogP contribution in [0.15, 0.2) is 71.7 Å². The molecule has 1 N–H and O–H groups in total. The normalized spacial score (nSPS) is 10.7. The molecule has 0 fully saturated rings. The van der Waals surface area contributed by atoms with Crippen molar-refractivity contribution in [2.75, 3.05) is 19.5 Å². The number of ketones is 1. The number of rotatable bonds is 7. The Kier molecular flexibility index (Phi) is 6.64. The largest absolute Gasteiger partial charge is 0.497 e. The second kappa shape index (κ2) is 9.80. The zero-order valence-corrected chi connectivity index (χ0v) is 19.4. The topological polar surface area (TPSA) is 86.6 Å². The van der Waals surface area contributed by atoms with E-state index >= 15 is 0 Å². The lowest BCUT2D eigenvalue weighted by Gasteiger charge is -2.14. The fraction of sp³-hybridized carbons (Fsp3) is 0.148. The van der Waals surface area contributed by atoms with Gasteiger partial charge in [0.2, 0.25) is 11.3 Å². The summed E-state index contributed by atoms with van der Waals surface area (Å²) in [6.07, 6.45) is 1.34. The van der Waals surface area contributed by atoms with Crippen LogP contribution < -0.4 is 20.2 Å². The maximum Gasteiger partial charge on any atom is 0.244 e. The molecule has 1 aromatic heterocycles. The summed E-state index contributed by atoms with van der Waals surface area (Å²) in [5.41, 5.74) is 1.31. The number of anilines is 1. The van der Waals surface area contributed by atoms with Crippen LogP contribution in [0.1, 0.15) is 21.5 Å². The Morgan fingerprint density at radius 3 is 2.23 bits per heavy atom. The molecule has 0 saturated heterocycles. The van der Waals surface area contributed by atoms with Crippen LogP contribution in [0.5, 0.6) is 11.5 Å². The van der Waals surface area contributed by atoms with Gasteiger partial charge in [0.25, 0.3) is 0 Å². The summed E-state index contributed by atoms with van der Waals surface area (Å²) < 4.78 is 25.9. The van der Waals surface area contributed by atoms with E-state index in [1.807, 2.05) is 6.92 Å². The number of amides is 1. The Bertz CT molecular complexity index is 1470. The number of nitrogens with one attached hydrogen (secondary N) is 1. The summed E-state index contributed by atoms with van der Waals surface area (Å²) in [5, 5.41) is 2.77. The monoisotopic (exact) mass is 474 g/mol. The van der Waals surface area contributed by atoms with Gasteiger partial charge in [0.1, 0.15) is 23.9 Å². The highest BCUT2D eigenvalue weighted by atomic mass is 19.1. The van der Waals surface area contributed by atoms with Crippen molar-refractivity contribution >= 4 is 28.3 Å². The van der Waals surface area contributed by atoms with Crippen LogP contribution in [-0.2, 0) is 11.3 Å². The van der Waals surface area contributed by atoms with Crippen molar-refractivity contribution in [3.05, 3.63) is 99.6 Å². The average molecular weight is 474 g/mol. The molecule has 1 amide bonds. The number of pyridine rings is 1. The van der Waals surface area contributed by atoms with Gasteiger partial charge in [0.15, 0.2) is 5.78 Å². The first-order chi connectivity index (χ1) is 16.8. The molecule has 0 saturated carbocycles. The lowest BCUT2D eigenvalue weighted by molar-refractivity contribution is -0.116. The van der Waals surface area contributed by atoms with Crippen molar-refractivity contribution in [2.24, 2.45) is 0 Å². The van der Waals surface area contributed by atoms with Gasteiger partial charge in [-0.15, -0.1) is 0 Å². The number of carbonyl (C=O) groups excluding carboxylic acids is 2. The van der Waals surface area contributed by atoms with Gasteiger partial charge in [-0.1, -0.05) is 29.8 Å². The lowest BCUT2D eigenvalue weighted by atomic mass is 10.0. The first kappa shape index (κ1) is 23.7. The van der Waals surface area contributed by atoms with Crippen LogP contribution >= 0.6 is 0 Å². The molecular formula is C27H23FN2O5. The number of fused-ring (bicyclic) bond motifs is 1. The number of hydrogen-bond acceptors (Lipinski definition) is 5. The number of aromatic nitrogens is 1. The molecule has 0 spiro atoms. The SMILES string of the molecule is COc1cc(NC(=O)Cn2cc(C(=O)c3ccc(C)cc3)c(=O)c3cc(F)ccc32)cc(OC)c1. The molecule has 4 aromatic rings. The van der Waals surface area contributed by atoms with E-state index in [2.05, 4.69) is 5.32 Å². The third-order valence-electron chi connectivity index (χ3n) is 5.55. The minimum Gasteiger partial charge on any atom is -0.497 e. The van der Waals surface area contributed by atoms with Crippen LogP contribution in [0.3, 0.4) is 0 Å². The van der Waals surface area contributed by atoms with Crippen LogP contribution in [0.4, 0.5) is 10.1 Å². The molecule has 0 aliphatic heterocycles. The molecule has 0 radical (unpaired) electrons. The molecule has 178 valence electrons. The zero-order valence-electron chi connectivity index (χ0n) is 19.4. The van der Waals surface area contributed by atoms with Crippen LogP contribution in [-0.4, -0.2) is 30.5 Å². The number of ether oxygens (including phenoxy) is 2. The summed E-state index contributed by atoms with van der Waals surface area (Å²) >= 11 is 0. The van der Waals surface area contributed by atoms with Gasteiger partial charge >= 0.3 is 0 Å². The smallest absolute Gasteiger partial charge is 0.244 e. The number of halogens is 1. The maximum absolute atomic E-state index is 14.0. The fourth-order valence-electron chi connectivity index (χ4n) is 3.76. The van der Waals surface area contributed by atoms with Gasteiger partial charge in [-0.25, -0.2) is 4.39 Å². The Morgan fingerprint density at radius 1 is 0.943 bits per heavy atom. The summed E-state index contributed by atoms with van der Waals surface area (Å²) in [6, 6.07) is 15.4. The lowest BCUT2D eigenvalue weighted by Crippen LogP contribution is -2.24. The van der Waals surface area contributed by atoms with Crippen LogP contribution in [0.25, 0.3) is 10.9 Å². The van der Waals surface area contributed by atoms with Crippen molar-refractivity contribution in [1.29, 1.82) is 0 Å². The van der Waals surface area contributed by atoms with Gasteiger partial charge < -0.3 is 19.4 Å². The van der Waals surface area contributed by atoms with E-state index in [4.69, 9.17) is 9.47 Å². The molecule has 35 heavy (non-hydrogen) atoms. The maximum atomic E-state index is 14.0. The molecule has 7 nitrogen and oxygen atoms in total. The summed E-state index contributed by atoms with van der Waals surface area (Å²) in [4.78, 5) is 39.2. The highest BCUT2D eigenvalue weighted by Crippen LogP contribution is 2.26. The number of methoxy groups -OCH3 is 2. The summed E-state index contributed by atoms with van der Waals surface area (Å²) in [7, 11) is 3.00. The van der Waals surface area contributed by atoms with E-state index in [0.717, 1.165) is 11.6 Å². The highest BCUT2D eigenvalue weighted by molar-refractivity contribution is 6.10. The molecule has 3 aromatic carbocycles. The van der Waals surface area contributed by atoms with Gasteiger partial charge in [-0.2, -0.15) is 0 Å². The minimum absolute atomic E-state index is 0.0128. The van der Waals surface area contributed by atoms with Gasteiger partial charge in [0.05, 0.1) is 25.3 Å². The predicted molar refractivity (Wildman–Crippen MR) is 131 cm³/mol. The van der Waals surface area contributed by atoms with Crippen LogP contribution in [0.2, 0.25) is 0 Å².